The van der Waals surface area contributed by atoms with Gasteiger partial charge in [0.05, 0.1) is 0 Å². The fourth-order valence-electron chi connectivity index (χ4n) is 2.68. The normalized spacial score (nSPS) is 13.7. The number of carbonyl (C=O) groups is 3. The maximum absolute atomic E-state index is 12.0. The second-order valence-electron chi connectivity index (χ2n) is 7.63. The second kappa shape index (κ2) is 8.29. The zero-order chi connectivity index (χ0) is 18.4. The zero-order valence-electron chi connectivity index (χ0n) is 15.0. The number of carboxylic acids is 2. The van der Waals surface area contributed by atoms with Crippen molar-refractivity contribution >= 4 is 17.8 Å². The number of amides is 1. The Labute approximate surface area is 138 Å². The highest BCUT2D eigenvalue weighted by molar-refractivity contribution is 5.84. The minimum absolute atomic E-state index is 0.126. The molecule has 1 amide bonds. The van der Waals surface area contributed by atoms with Crippen molar-refractivity contribution in [3.63, 3.8) is 0 Å². The Hall–Kier alpha value is -1.63. The van der Waals surface area contributed by atoms with Crippen molar-refractivity contribution in [3.05, 3.63) is 0 Å². The molecular weight excluding hydrogens is 300 g/mol. The third kappa shape index (κ3) is 8.54. The van der Waals surface area contributed by atoms with Gasteiger partial charge in [0, 0.05) is 30.5 Å². The molecule has 0 saturated heterocycles. The summed E-state index contributed by atoms with van der Waals surface area (Å²) in [5.41, 5.74) is -0.262. The molecule has 0 fully saturated rings. The summed E-state index contributed by atoms with van der Waals surface area (Å²) in [4.78, 5) is 35.8. The van der Waals surface area contributed by atoms with E-state index in [2.05, 4.69) is 51.8 Å². The third-order valence-corrected chi connectivity index (χ3v) is 3.46. The number of hydrogen-bond donors (Lipinski definition) is 3. The van der Waals surface area contributed by atoms with Gasteiger partial charge in [-0.15, -0.1) is 0 Å². The molecule has 0 aromatic rings. The molecule has 0 aliphatic rings. The largest absolute Gasteiger partial charge is 0.481 e. The molecule has 3 N–H and O–H groups in total. The van der Waals surface area contributed by atoms with Gasteiger partial charge in [-0.1, -0.05) is 0 Å². The van der Waals surface area contributed by atoms with Gasteiger partial charge < -0.3 is 15.5 Å². The topological polar surface area (TPSA) is 107 Å². The molecule has 0 saturated carbocycles. The highest BCUT2D eigenvalue weighted by Crippen LogP contribution is 2.24. The Morgan fingerprint density at radius 2 is 1.43 bits per heavy atom. The molecule has 7 heteroatoms. The molecule has 0 aromatic heterocycles. The summed E-state index contributed by atoms with van der Waals surface area (Å²) in [6.45, 7) is 12.8. The van der Waals surface area contributed by atoms with Crippen LogP contribution in [0.4, 0.5) is 0 Å². The molecule has 0 unspecified atom stereocenters. The molecule has 0 heterocycles. The van der Waals surface area contributed by atoms with E-state index in [1.807, 2.05) is 0 Å². The lowest BCUT2D eigenvalue weighted by Gasteiger charge is -2.45. The fourth-order valence-corrected chi connectivity index (χ4v) is 2.68. The number of carboxylic acid groups (broad SMARTS) is 2. The van der Waals surface area contributed by atoms with E-state index in [0.717, 1.165) is 0 Å². The van der Waals surface area contributed by atoms with E-state index in [-0.39, 0.29) is 36.2 Å². The van der Waals surface area contributed by atoms with Crippen LogP contribution in [0.25, 0.3) is 0 Å². The average Bonchev–Trinajstić information content (AvgIpc) is 2.30. The van der Waals surface area contributed by atoms with Gasteiger partial charge in [-0.3, -0.25) is 14.5 Å². The van der Waals surface area contributed by atoms with E-state index < -0.39 is 18.0 Å². The minimum Gasteiger partial charge on any atom is -0.481 e. The monoisotopic (exact) mass is 330 g/mol. The maximum atomic E-state index is 12.0. The second-order valence-corrected chi connectivity index (χ2v) is 7.63. The molecule has 0 radical (unpaired) electrons. The Morgan fingerprint density at radius 3 is 1.78 bits per heavy atom. The summed E-state index contributed by atoms with van der Waals surface area (Å²) in [6, 6.07) is -1.17. The summed E-state index contributed by atoms with van der Waals surface area (Å²) < 4.78 is 0. The number of nitrogens with zero attached hydrogens (tertiary/aromatic N) is 1. The standard InChI is InChI=1S/C16H30N2O5/c1-15(2,3)18(16(4,5)6)10-9-12(19)17-11(14(22)23)7-8-13(20)21/h11H,7-10H2,1-6H3,(H,17,19)(H,20,21)(H,22,23)/t11-/m0/s1. The minimum atomic E-state index is -1.22. The Kier molecular flexibility index (Phi) is 7.70. The number of rotatable bonds is 8. The first kappa shape index (κ1) is 21.4. The first-order chi connectivity index (χ1) is 10.2. The van der Waals surface area contributed by atoms with Gasteiger partial charge in [0.25, 0.3) is 0 Å². The van der Waals surface area contributed by atoms with Crippen molar-refractivity contribution in [2.24, 2.45) is 0 Å². The molecule has 7 nitrogen and oxygen atoms in total. The van der Waals surface area contributed by atoms with Gasteiger partial charge in [0.1, 0.15) is 6.04 Å². The molecule has 0 aliphatic heterocycles. The van der Waals surface area contributed by atoms with Gasteiger partial charge in [0.2, 0.25) is 5.91 Å². The van der Waals surface area contributed by atoms with Crippen LogP contribution >= 0.6 is 0 Å². The number of aliphatic carboxylic acids is 2. The number of hydrogen-bond acceptors (Lipinski definition) is 4. The van der Waals surface area contributed by atoms with Crippen LogP contribution in [-0.4, -0.2) is 56.6 Å². The lowest BCUT2D eigenvalue weighted by molar-refractivity contribution is -0.143. The number of nitrogens with one attached hydrogen (secondary N) is 1. The van der Waals surface area contributed by atoms with Crippen LogP contribution < -0.4 is 5.32 Å². The summed E-state index contributed by atoms with van der Waals surface area (Å²) in [6.07, 6.45) is -0.266. The van der Waals surface area contributed by atoms with Crippen LogP contribution in [0.1, 0.15) is 60.8 Å². The van der Waals surface area contributed by atoms with Crippen LogP contribution in [-0.2, 0) is 14.4 Å². The van der Waals surface area contributed by atoms with Crippen molar-refractivity contribution in [2.45, 2.75) is 77.9 Å². The summed E-state index contributed by atoms with van der Waals surface area (Å²) in [5.74, 6) is -2.69. The van der Waals surface area contributed by atoms with Crippen molar-refractivity contribution in [3.8, 4) is 0 Å². The molecule has 0 aromatic carbocycles. The SMILES string of the molecule is CC(C)(C)N(CCC(=O)N[C@@H](CCC(=O)O)C(=O)O)C(C)(C)C. The van der Waals surface area contributed by atoms with Gasteiger partial charge in [-0.05, 0) is 48.0 Å². The molecule has 0 rings (SSSR count). The Balaban J connectivity index is 4.67. The fraction of sp³-hybridized carbons (Fsp3) is 0.812. The summed E-state index contributed by atoms with van der Waals surface area (Å²) in [5, 5.41) is 20.1. The van der Waals surface area contributed by atoms with Crippen molar-refractivity contribution in [2.75, 3.05) is 6.54 Å². The van der Waals surface area contributed by atoms with Crippen LogP contribution in [0.2, 0.25) is 0 Å². The Morgan fingerprint density at radius 1 is 0.957 bits per heavy atom. The first-order valence-electron chi connectivity index (χ1n) is 7.77. The lowest BCUT2D eigenvalue weighted by Crippen LogP contribution is -2.53. The Bertz CT molecular complexity index is 421. The van der Waals surface area contributed by atoms with Crippen molar-refractivity contribution in [1.82, 2.24) is 10.2 Å². The van der Waals surface area contributed by atoms with Crippen LogP contribution in [0, 0.1) is 0 Å². The maximum Gasteiger partial charge on any atom is 0.326 e. The molecule has 134 valence electrons. The van der Waals surface area contributed by atoms with Crippen molar-refractivity contribution < 1.29 is 24.6 Å². The van der Waals surface area contributed by atoms with Gasteiger partial charge >= 0.3 is 11.9 Å². The van der Waals surface area contributed by atoms with E-state index in [9.17, 15) is 14.4 Å². The summed E-state index contributed by atoms with van der Waals surface area (Å²) >= 11 is 0. The van der Waals surface area contributed by atoms with Crippen molar-refractivity contribution in [1.29, 1.82) is 0 Å². The zero-order valence-corrected chi connectivity index (χ0v) is 15.0. The van der Waals surface area contributed by atoms with Crippen LogP contribution in [0.5, 0.6) is 0 Å². The molecule has 1 atom stereocenters. The lowest BCUT2D eigenvalue weighted by atomic mass is 9.95. The molecule has 0 bridgehead atoms. The molecule has 0 spiro atoms. The number of carbonyl (C=O) groups excluding carboxylic acids is 1. The van der Waals surface area contributed by atoms with E-state index in [0.29, 0.717) is 6.54 Å². The summed E-state index contributed by atoms with van der Waals surface area (Å²) in [7, 11) is 0. The quantitative estimate of drug-likeness (QED) is 0.625. The average molecular weight is 330 g/mol. The van der Waals surface area contributed by atoms with Crippen LogP contribution in [0.15, 0.2) is 0 Å². The highest BCUT2D eigenvalue weighted by atomic mass is 16.4. The van der Waals surface area contributed by atoms with E-state index >= 15 is 0 Å². The highest BCUT2D eigenvalue weighted by Gasteiger charge is 2.31. The molecule has 23 heavy (non-hydrogen) atoms. The predicted octanol–water partition coefficient (Wildman–Crippen LogP) is 1.71. The van der Waals surface area contributed by atoms with E-state index in [1.165, 1.54) is 0 Å². The molecule has 0 aliphatic carbocycles. The van der Waals surface area contributed by atoms with E-state index in [4.69, 9.17) is 10.2 Å². The van der Waals surface area contributed by atoms with Gasteiger partial charge in [0.15, 0.2) is 0 Å². The van der Waals surface area contributed by atoms with E-state index in [1.54, 1.807) is 0 Å². The van der Waals surface area contributed by atoms with Gasteiger partial charge in [-0.2, -0.15) is 0 Å². The van der Waals surface area contributed by atoms with Gasteiger partial charge in [-0.25, -0.2) is 4.79 Å². The van der Waals surface area contributed by atoms with Crippen LogP contribution in [0.3, 0.4) is 0 Å². The third-order valence-electron chi connectivity index (χ3n) is 3.46. The first-order valence-corrected chi connectivity index (χ1v) is 7.77. The predicted molar refractivity (Wildman–Crippen MR) is 87.3 cm³/mol. The smallest absolute Gasteiger partial charge is 0.326 e. The molecular formula is C16H30N2O5.